The van der Waals surface area contributed by atoms with Gasteiger partial charge in [0.25, 0.3) is 0 Å². The quantitative estimate of drug-likeness (QED) is 0.672. The molecule has 2 aromatic carbocycles. The topological polar surface area (TPSA) is 55.6 Å². The van der Waals surface area contributed by atoms with Crippen molar-refractivity contribution < 1.29 is 9.53 Å². The number of anilines is 1. The van der Waals surface area contributed by atoms with Crippen molar-refractivity contribution in [3.63, 3.8) is 0 Å². The molecule has 0 atom stereocenters. The minimum Gasteiger partial charge on any atom is -0.493 e. The number of nitrogens with two attached hydrogens (primary N) is 1. The van der Waals surface area contributed by atoms with E-state index in [9.17, 15) is 4.79 Å². The van der Waals surface area contributed by atoms with Crippen molar-refractivity contribution in [3.05, 3.63) is 36.4 Å². The Labute approximate surface area is 119 Å². The second-order valence-electron chi connectivity index (χ2n) is 4.94. The fourth-order valence-electron chi connectivity index (χ4n) is 2.05. The monoisotopic (exact) mass is 272 g/mol. The van der Waals surface area contributed by atoms with E-state index in [1.165, 1.54) is 0 Å². The first-order chi connectivity index (χ1) is 9.59. The maximum Gasteiger partial charge on any atom is 0.222 e. The van der Waals surface area contributed by atoms with E-state index in [4.69, 9.17) is 10.5 Å². The molecule has 0 aromatic heterocycles. The summed E-state index contributed by atoms with van der Waals surface area (Å²) in [5, 5.41) is 2.00. The molecule has 0 aliphatic carbocycles. The van der Waals surface area contributed by atoms with Gasteiger partial charge in [-0.2, -0.15) is 0 Å². The van der Waals surface area contributed by atoms with Crippen LogP contribution in [0.15, 0.2) is 36.4 Å². The molecule has 4 nitrogen and oxygen atoms in total. The summed E-state index contributed by atoms with van der Waals surface area (Å²) in [5.41, 5.74) is 6.69. The van der Waals surface area contributed by atoms with Crippen molar-refractivity contribution in [1.29, 1.82) is 0 Å². The molecule has 106 valence electrons. The molecule has 2 rings (SSSR count). The number of hydrogen-bond acceptors (Lipinski definition) is 3. The Morgan fingerprint density at radius 1 is 1.15 bits per heavy atom. The maximum atomic E-state index is 11.5. The molecule has 0 saturated heterocycles. The van der Waals surface area contributed by atoms with Crippen LogP contribution in [0.4, 0.5) is 5.69 Å². The molecule has 0 saturated carbocycles. The van der Waals surface area contributed by atoms with Crippen LogP contribution >= 0.6 is 0 Å². The van der Waals surface area contributed by atoms with E-state index in [0.717, 1.165) is 22.2 Å². The van der Waals surface area contributed by atoms with Gasteiger partial charge in [-0.15, -0.1) is 0 Å². The number of hydrogen-bond donors (Lipinski definition) is 1. The lowest BCUT2D eigenvalue weighted by Gasteiger charge is -2.12. The van der Waals surface area contributed by atoms with Crippen LogP contribution in [-0.4, -0.2) is 31.5 Å². The standard InChI is InChI=1S/C16H20N2O2/c1-18(2)16(19)8-5-11-20-15-10-9-14(17)12-6-3-4-7-13(12)15/h3-4,6-7,9-10H,5,8,11,17H2,1-2H3. The highest BCUT2D eigenvalue weighted by Gasteiger charge is 2.06. The summed E-state index contributed by atoms with van der Waals surface area (Å²) in [6.07, 6.45) is 1.20. The first kappa shape index (κ1) is 14.2. The zero-order chi connectivity index (χ0) is 14.5. The Bertz CT molecular complexity index is 608. The average molecular weight is 272 g/mol. The summed E-state index contributed by atoms with van der Waals surface area (Å²) in [4.78, 5) is 13.1. The molecule has 0 fully saturated rings. The molecule has 4 heteroatoms. The number of benzene rings is 2. The Balaban J connectivity index is 2.00. The van der Waals surface area contributed by atoms with Gasteiger partial charge in [-0.25, -0.2) is 0 Å². The van der Waals surface area contributed by atoms with Crippen molar-refractivity contribution in [2.75, 3.05) is 26.4 Å². The van der Waals surface area contributed by atoms with E-state index in [2.05, 4.69) is 0 Å². The van der Waals surface area contributed by atoms with Gasteiger partial charge in [0.2, 0.25) is 5.91 Å². The van der Waals surface area contributed by atoms with Gasteiger partial charge >= 0.3 is 0 Å². The van der Waals surface area contributed by atoms with Gasteiger partial charge in [0, 0.05) is 37.0 Å². The fraction of sp³-hybridized carbons (Fsp3) is 0.312. The van der Waals surface area contributed by atoms with Crippen LogP contribution in [0.2, 0.25) is 0 Å². The van der Waals surface area contributed by atoms with Crippen molar-refractivity contribution in [3.8, 4) is 5.75 Å². The SMILES string of the molecule is CN(C)C(=O)CCCOc1ccc(N)c2ccccc12. The average Bonchev–Trinajstić information content (AvgIpc) is 2.45. The van der Waals surface area contributed by atoms with E-state index in [1.54, 1.807) is 19.0 Å². The van der Waals surface area contributed by atoms with Crippen molar-refractivity contribution >= 4 is 22.4 Å². The van der Waals surface area contributed by atoms with Gasteiger partial charge in [0.05, 0.1) is 6.61 Å². The molecule has 0 spiro atoms. The number of nitrogen functional groups attached to an aromatic ring is 1. The Kier molecular flexibility index (Phi) is 4.45. The first-order valence-corrected chi connectivity index (χ1v) is 6.70. The number of carbonyl (C=O) groups is 1. The molecule has 1 amide bonds. The van der Waals surface area contributed by atoms with Gasteiger partial charge in [-0.1, -0.05) is 24.3 Å². The molecular formula is C16H20N2O2. The molecule has 0 bridgehead atoms. The summed E-state index contributed by atoms with van der Waals surface area (Å²) in [6.45, 7) is 0.521. The largest absolute Gasteiger partial charge is 0.493 e. The molecule has 0 aliphatic rings. The third-order valence-electron chi connectivity index (χ3n) is 3.21. The minimum absolute atomic E-state index is 0.121. The zero-order valence-corrected chi connectivity index (χ0v) is 11.9. The predicted octanol–water partition coefficient (Wildman–Crippen LogP) is 2.67. The van der Waals surface area contributed by atoms with Crippen molar-refractivity contribution in [1.82, 2.24) is 4.90 Å². The highest BCUT2D eigenvalue weighted by atomic mass is 16.5. The molecule has 0 unspecified atom stereocenters. The molecule has 0 aliphatic heterocycles. The molecule has 20 heavy (non-hydrogen) atoms. The van der Waals surface area contributed by atoms with Crippen LogP contribution < -0.4 is 10.5 Å². The Hall–Kier alpha value is -2.23. The van der Waals surface area contributed by atoms with E-state index in [1.807, 2.05) is 36.4 Å². The lowest BCUT2D eigenvalue weighted by Crippen LogP contribution is -2.21. The minimum atomic E-state index is 0.121. The Morgan fingerprint density at radius 2 is 1.85 bits per heavy atom. The summed E-state index contributed by atoms with van der Waals surface area (Å²) in [5.74, 6) is 0.933. The van der Waals surface area contributed by atoms with E-state index < -0.39 is 0 Å². The number of carbonyl (C=O) groups excluding carboxylic acids is 1. The van der Waals surface area contributed by atoms with Crippen molar-refractivity contribution in [2.45, 2.75) is 12.8 Å². The van der Waals surface area contributed by atoms with Gasteiger partial charge in [-0.3, -0.25) is 4.79 Å². The number of fused-ring (bicyclic) bond motifs is 1. The molecule has 2 aromatic rings. The van der Waals surface area contributed by atoms with E-state index >= 15 is 0 Å². The summed E-state index contributed by atoms with van der Waals surface area (Å²) >= 11 is 0. The lowest BCUT2D eigenvalue weighted by atomic mass is 10.1. The summed E-state index contributed by atoms with van der Waals surface area (Å²) in [7, 11) is 3.52. The fourth-order valence-corrected chi connectivity index (χ4v) is 2.05. The molecule has 2 N–H and O–H groups in total. The normalized spacial score (nSPS) is 10.5. The smallest absolute Gasteiger partial charge is 0.222 e. The second kappa shape index (κ2) is 6.28. The number of rotatable bonds is 5. The van der Waals surface area contributed by atoms with Crippen LogP contribution in [0.5, 0.6) is 5.75 Å². The molecular weight excluding hydrogens is 252 g/mol. The molecule has 0 heterocycles. The number of amides is 1. The van der Waals surface area contributed by atoms with E-state index in [0.29, 0.717) is 19.4 Å². The highest BCUT2D eigenvalue weighted by Crippen LogP contribution is 2.29. The van der Waals surface area contributed by atoms with Crippen LogP contribution in [0, 0.1) is 0 Å². The zero-order valence-electron chi connectivity index (χ0n) is 11.9. The second-order valence-corrected chi connectivity index (χ2v) is 4.94. The van der Waals surface area contributed by atoms with Crippen LogP contribution in [0.3, 0.4) is 0 Å². The third kappa shape index (κ3) is 3.20. The van der Waals surface area contributed by atoms with E-state index in [-0.39, 0.29) is 5.91 Å². The Morgan fingerprint density at radius 3 is 2.55 bits per heavy atom. The predicted molar refractivity (Wildman–Crippen MR) is 81.8 cm³/mol. The van der Waals surface area contributed by atoms with Crippen LogP contribution in [0.1, 0.15) is 12.8 Å². The molecule has 0 radical (unpaired) electrons. The van der Waals surface area contributed by atoms with Gasteiger partial charge < -0.3 is 15.4 Å². The number of ether oxygens (including phenoxy) is 1. The van der Waals surface area contributed by atoms with Crippen LogP contribution in [0.25, 0.3) is 10.8 Å². The lowest BCUT2D eigenvalue weighted by molar-refractivity contribution is -0.128. The first-order valence-electron chi connectivity index (χ1n) is 6.70. The highest BCUT2D eigenvalue weighted by molar-refractivity contribution is 5.96. The summed E-state index contributed by atoms with van der Waals surface area (Å²) < 4.78 is 5.78. The van der Waals surface area contributed by atoms with Crippen molar-refractivity contribution in [2.24, 2.45) is 0 Å². The van der Waals surface area contributed by atoms with Crippen LogP contribution in [-0.2, 0) is 4.79 Å². The number of nitrogens with zero attached hydrogens (tertiary/aromatic N) is 1. The van der Waals surface area contributed by atoms with Gasteiger partial charge in [0.1, 0.15) is 5.75 Å². The van der Waals surface area contributed by atoms with Gasteiger partial charge in [-0.05, 0) is 18.6 Å². The summed E-state index contributed by atoms with van der Waals surface area (Å²) in [6, 6.07) is 11.6. The third-order valence-corrected chi connectivity index (χ3v) is 3.21. The van der Waals surface area contributed by atoms with Gasteiger partial charge in [0.15, 0.2) is 0 Å². The maximum absolute atomic E-state index is 11.5.